The largest absolute Gasteiger partial charge is 0.369 e. The lowest BCUT2D eigenvalue weighted by Crippen LogP contribution is -2.08. The third kappa shape index (κ3) is 3.17. The van der Waals surface area contributed by atoms with Gasteiger partial charge in [-0.15, -0.1) is 0 Å². The van der Waals surface area contributed by atoms with Crippen molar-refractivity contribution in [2.75, 3.05) is 11.9 Å². The van der Waals surface area contributed by atoms with E-state index in [9.17, 15) is 0 Å². The van der Waals surface area contributed by atoms with E-state index in [0.29, 0.717) is 11.7 Å². The van der Waals surface area contributed by atoms with Crippen molar-refractivity contribution >= 4 is 21.7 Å². The van der Waals surface area contributed by atoms with Crippen LogP contribution in [0.4, 0.5) is 5.82 Å². The molecule has 0 spiro atoms. The Balaban J connectivity index is 2.49. The van der Waals surface area contributed by atoms with E-state index in [1.54, 1.807) is 4.68 Å². The molecule has 2 aromatic rings. The third-order valence-electron chi connectivity index (χ3n) is 2.91. The molecule has 2 heterocycles. The molecule has 1 N–H and O–H groups in total. The summed E-state index contributed by atoms with van der Waals surface area (Å²) in [5.41, 5.74) is 1.79. The molecular formula is C14H20BrN5. The molecule has 0 aromatic carbocycles. The number of halogens is 1. The smallest absolute Gasteiger partial charge is 0.182 e. The number of nitrogens with zero attached hydrogens (tertiary/aromatic N) is 4. The van der Waals surface area contributed by atoms with Crippen molar-refractivity contribution in [3.05, 3.63) is 22.4 Å². The van der Waals surface area contributed by atoms with Gasteiger partial charge in [-0.2, -0.15) is 5.10 Å². The van der Waals surface area contributed by atoms with Gasteiger partial charge in [-0.05, 0) is 34.3 Å². The minimum absolute atomic E-state index is 0.317. The van der Waals surface area contributed by atoms with Crippen molar-refractivity contribution in [1.29, 1.82) is 0 Å². The second kappa shape index (κ2) is 6.35. The van der Waals surface area contributed by atoms with Gasteiger partial charge in [0.15, 0.2) is 5.82 Å². The fourth-order valence-electron chi connectivity index (χ4n) is 1.86. The monoisotopic (exact) mass is 337 g/mol. The first-order valence-corrected chi connectivity index (χ1v) is 7.63. The molecule has 5 nitrogen and oxygen atoms in total. The van der Waals surface area contributed by atoms with Gasteiger partial charge in [0, 0.05) is 19.8 Å². The number of hydrogen-bond donors (Lipinski definition) is 1. The van der Waals surface area contributed by atoms with E-state index < -0.39 is 0 Å². The van der Waals surface area contributed by atoms with Gasteiger partial charge in [0.1, 0.15) is 11.5 Å². The summed E-state index contributed by atoms with van der Waals surface area (Å²) in [6, 6.07) is 1.93. The molecule has 0 bridgehead atoms. The fourth-order valence-corrected chi connectivity index (χ4v) is 2.63. The number of rotatable bonds is 5. The lowest BCUT2D eigenvalue weighted by Gasteiger charge is -2.14. The van der Waals surface area contributed by atoms with Crippen molar-refractivity contribution in [3.63, 3.8) is 0 Å². The zero-order valence-electron chi connectivity index (χ0n) is 12.3. The molecule has 6 heteroatoms. The molecule has 0 aliphatic rings. The number of aryl methyl sites for hydroxylation is 1. The summed E-state index contributed by atoms with van der Waals surface area (Å²) in [7, 11) is 1.89. The molecule has 0 radical (unpaired) electrons. The number of aromatic nitrogens is 4. The van der Waals surface area contributed by atoms with Gasteiger partial charge in [0.05, 0.1) is 10.2 Å². The molecular weight excluding hydrogens is 318 g/mol. The Morgan fingerprint density at radius 3 is 2.65 bits per heavy atom. The zero-order chi connectivity index (χ0) is 14.7. The first-order valence-electron chi connectivity index (χ1n) is 6.84. The summed E-state index contributed by atoms with van der Waals surface area (Å²) in [5, 5.41) is 7.72. The molecule has 2 rings (SSSR count). The lowest BCUT2D eigenvalue weighted by molar-refractivity contribution is 0.765. The van der Waals surface area contributed by atoms with Crippen LogP contribution in [-0.2, 0) is 7.05 Å². The molecule has 0 aliphatic carbocycles. The Kier molecular flexibility index (Phi) is 4.75. The number of hydrogen-bond acceptors (Lipinski definition) is 4. The fraction of sp³-hybridized carbons (Fsp3) is 0.500. The van der Waals surface area contributed by atoms with E-state index in [1.807, 2.05) is 19.3 Å². The van der Waals surface area contributed by atoms with Crippen LogP contribution in [0.25, 0.3) is 11.5 Å². The average molecular weight is 338 g/mol. The average Bonchev–Trinajstić information content (AvgIpc) is 2.84. The predicted molar refractivity (Wildman–Crippen MR) is 84.8 cm³/mol. The van der Waals surface area contributed by atoms with E-state index in [0.717, 1.165) is 34.6 Å². The highest BCUT2D eigenvalue weighted by Crippen LogP contribution is 2.30. The van der Waals surface area contributed by atoms with E-state index in [4.69, 9.17) is 0 Å². The summed E-state index contributed by atoms with van der Waals surface area (Å²) in [6.07, 6.45) is 2.95. The van der Waals surface area contributed by atoms with Gasteiger partial charge in [-0.1, -0.05) is 20.8 Å². The standard InChI is InChI=1S/C14H20BrN5/c1-5-7-16-14-11(15)12(9(2)3)17-13(18-14)10-6-8-20(4)19-10/h6,8-9H,5,7H2,1-4H3,(H,16,17,18). The van der Waals surface area contributed by atoms with Crippen LogP contribution < -0.4 is 5.32 Å². The minimum atomic E-state index is 0.317. The van der Waals surface area contributed by atoms with Crippen molar-refractivity contribution in [1.82, 2.24) is 19.7 Å². The molecule has 0 saturated heterocycles. The molecule has 0 amide bonds. The van der Waals surface area contributed by atoms with Gasteiger partial charge in [-0.25, -0.2) is 9.97 Å². The SMILES string of the molecule is CCCNc1nc(-c2ccn(C)n2)nc(C(C)C)c1Br. The molecule has 0 aliphatic heterocycles. The van der Waals surface area contributed by atoms with Crippen LogP contribution in [-0.4, -0.2) is 26.3 Å². The van der Waals surface area contributed by atoms with Crippen molar-refractivity contribution in [3.8, 4) is 11.5 Å². The normalized spacial score (nSPS) is 11.1. The van der Waals surface area contributed by atoms with E-state index in [1.165, 1.54) is 0 Å². The molecule has 108 valence electrons. The molecule has 0 unspecified atom stereocenters. The third-order valence-corrected chi connectivity index (χ3v) is 3.69. The maximum absolute atomic E-state index is 4.65. The van der Waals surface area contributed by atoms with Crippen molar-refractivity contribution < 1.29 is 0 Å². The quantitative estimate of drug-likeness (QED) is 0.905. The minimum Gasteiger partial charge on any atom is -0.369 e. The van der Waals surface area contributed by atoms with Gasteiger partial charge >= 0.3 is 0 Å². The highest BCUT2D eigenvalue weighted by molar-refractivity contribution is 9.10. The second-order valence-corrected chi connectivity index (χ2v) is 5.84. The Bertz CT molecular complexity index is 591. The summed E-state index contributed by atoms with van der Waals surface area (Å²) in [6.45, 7) is 7.26. The van der Waals surface area contributed by atoms with Gasteiger partial charge in [0.25, 0.3) is 0 Å². The molecule has 2 aromatic heterocycles. The highest BCUT2D eigenvalue weighted by Gasteiger charge is 2.16. The topological polar surface area (TPSA) is 55.6 Å². The predicted octanol–water partition coefficient (Wildman–Crippen LogP) is 3.58. The zero-order valence-corrected chi connectivity index (χ0v) is 13.9. The van der Waals surface area contributed by atoms with Gasteiger partial charge in [0.2, 0.25) is 0 Å². The molecule has 0 saturated carbocycles. The van der Waals surface area contributed by atoms with E-state index >= 15 is 0 Å². The number of nitrogens with one attached hydrogen (secondary N) is 1. The highest BCUT2D eigenvalue weighted by atomic mass is 79.9. The Hall–Kier alpha value is -1.43. The Morgan fingerprint density at radius 2 is 2.10 bits per heavy atom. The summed E-state index contributed by atoms with van der Waals surface area (Å²) >= 11 is 3.61. The van der Waals surface area contributed by atoms with Crippen molar-refractivity contribution in [2.45, 2.75) is 33.1 Å². The van der Waals surface area contributed by atoms with Crippen LogP contribution in [0.2, 0.25) is 0 Å². The number of anilines is 1. The van der Waals surface area contributed by atoms with E-state index in [-0.39, 0.29) is 0 Å². The maximum Gasteiger partial charge on any atom is 0.182 e. The van der Waals surface area contributed by atoms with Crippen molar-refractivity contribution in [2.24, 2.45) is 7.05 Å². The first-order chi connectivity index (χ1) is 9.52. The molecule has 0 fully saturated rings. The first kappa shape index (κ1) is 15.0. The maximum atomic E-state index is 4.65. The molecule has 0 atom stereocenters. The van der Waals surface area contributed by atoms with Crippen LogP contribution in [0.3, 0.4) is 0 Å². The van der Waals surface area contributed by atoms with Crippen LogP contribution in [0.5, 0.6) is 0 Å². The van der Waals surface area contributed by atoms with Crippen LogP contribution in [0, 0.1) is 0 Å². The molecule has 20 heavy (non-hydrogen) atoms. The van der Waals surface area contributed by atoms with E-state index in [2.05, 4.69) is 57.1 Å². The Labute approximate surface area is 128 Å². The van der Waals surface area contributed by atoms with Gasteiger partial charge in [-0.3, -0.25) is 4.68 Å². The van der Waals surface area contributed by atoms with Crippen LogP contribution in [0.1, 0.15) is 38.8 Å². The van der Waals surface area contributed by atoms with Crippen LogP contribution in [0.15, 0.2) is 16.7 Å². The van der Waals surface area contributed by atoms with Gasteiger partial charge < -0.3 is 5.32 Å². The summed E-state index contributed by atoms with van der Waals surface area (Å²) < 4.78 is 2.70. The summed E-state index contributed by atoms with van der Waals surface area (Å²) in [5.74, 6) is 1.82. The lowest BCUT2D eigenvalue weighted by atomic mass is 10.1. The van der Waals surface area contributed by atoms with Crippen LogP contribution >= 0.6 is 15.9 Å². The summed E-state index contributed by atoms with van der Waals surface area (Å²) in [4.78, 5) is 9.24. The second-order valence-electron chi connectivity index (χ2n) is 5.05. The Morgan fingerprint density at radius 1 is 1.35 bits per heavy atom.